The molecule has 2 heteroatoms. The second kappa shape index (κ2) is 3.56. The Morgan fingerprint density at radius 1 is 1.31 bits per heavy atom. The van der Waals surface area contributed by atoms with Crippen molar-refractivity contribution < 1.29 is 4.39 Å². The highest BCUT2D eigenvalue weighted by molar-refractivity contribution is 4.99. The van der Waals surface area contributed by atoms with Gasteiger partial charge in [-0.2, -0.15) is 0 Å². The molecule has 0 amide bonds. The second-order valence-corrected chi connectivity index (χ2v) is 4.95. The third-order valence-electron chi connectivity index (χ3n) is 3.85. The summed E-state index contributed by atoms with van der Waals surface area (Å²) in [6.07, 6.45) is 2.28. The van der Waals surface area contributed by atoms with Gasteiger partial charge >= 0.3 is 0 Å². The molecule has 0 aromatic heterocycles. The number of halogens is 1. The van der Waals surface area contributed by atoms with Gasteiger partial charge in [-0.3, -0.25) is 0 Å². The first kappa shape index (κ1) is 11.0. The first-order valence-electron chi connectivity index (χ1n) is 5.35. The Labute approximate surface area is 81.1 Å². The van der Waals surface area contributed by atoms with Crippen molar-refractivity contribution >= 4 is 0 Å². The standard InChI is InChI=1S/C11H22FN/c1-5-10(3)8-11(4,6-2)13-7-9(10)12/h9,13H,5-8H2,1-4H3. The van der Waals surface area contributed by atoms with Crippen molar-refractivity contribution in [3.63, 3.8) is 0 Å². The zero-order valence-corrected chi connectivity index (χ0v) is 9.28. The molecule has 1 rings (SSSR count). The lowest BCUT2D eigenvalue weighted by Crippen LogP contribution is -2.57. The molecule has 3 atom stereocenters. The summed E-state index contributed by atoms with van der Waals surface area (Å²) in [5, 5.41) is 3.31. The molecule has 3 unspecified atom stereocenters. The lowest BCUT2D eigenvalue weighted by Gasteiger charge is -2.47. The SMILES string of the molecule is CCC1(C)CC(C)(CC)C(F)CN1. The summed E-state index contributed by atoms with van der Waals surface area (Å²) in [5.41, 5.74) is 0.0311. The summed E-state index contributed by atoms with van der Waals surface area (Å²) in [5.74, 6) is 0. The van der Waals surface area contributed by atoms with E-state index in [0.29, 0.717) is 6.54 Å². The van der Waals surface area contributed by atoms with Crippen LogP contribution in [0.15, 0.2) is 0 Å². The molecule has 1 aliphatic rings. The minimum Gasteiger partial charge on any atom is -0.309 e. The number of hydrogen-bond acceptors (Lipinski definition) is 1. The molecule has 13 heavy (non-hydrogen) atoms. The summed E-state index contributed by atoms with van der Waals surface area (Å²) >= 11 is 0. The Hall–Kier alpha value is -0.110. The molecule has 1 aliphatic heterocycles. The first-order valence-corrected chi connectivity index (χ1v) is 5.35. The smallest absolute Gasteiger partial charge is 0.118 e. The normalized spacial score (nSPS) is 46.4. The highest BCUT2D eigenvalue weighted by Crippen LogP contribution is 2.41. The molecule has 1 N–H and O–H groups in total. The van der Waals surface area contributed by atoms with Crippen molar-refractivity contribution in [3.8, 4) is 0 Å². The zero-order valence-electron chi connectivity index (χ0n) is 9.28. The van der Waals surface area contributed by atoms with Crippen LogP contribution in [0, 0.1) is 5.41 Å². The Balaban J connectivity index is 2.74. The van der Waals surface area contributed by atoms with E-state index < -0.39 is 6.17 Å². The maximum Gasteiger partial charge on any atom is 0.118 e. The summed E-state index contributed by atoms with van der Waals surface area (Å²) in [6, 6.07) is 0. The predicted octanol–water partition coefficient (Wildman–Crippen LogP) is 2.90. The first-order chi connectivity index (χ1) is 5.96. The van der Waals surface area contributed by atoms with Crippen LogP contribution in [0.25, 0.3) is 0 Å². The van der Waals surface area contributed by atoms with E-state index in [4.69, 9.17) is 0 Å². The van der Waals surface area contributed by atoms with Crippen LogP contribution in [0.1, 0.15) is 47.0 Å². The van der Waals surface area contributed by atoms with Crippen LogP contribution in [0.3, 0.4) is 0 Å². The van der Waals surface area contributed by atoms with Gasteiger partial charge in [-0.05, 0) is 26.2 Å². The van der Waals surface area contributed by atoms with Crippen LogP contribution < -0.4 is 5.32 Å². The molecule has 1 nitrogen and oxygen atoms in total. The highest BCUT2D eigenvalue weighted by Gasteiger charge is 2.43. The van der Waals surface area contributed by atoms with E-state index in [0.717, 1.165) is 19.3 Å². The molecule has 1 heterocycles. The van der Waals surface area contributed by atoms with Gasteiger partial charge in [-0.25, -0.2) is 4.39 Å². The molecule has 0 spiro atoms. The van der Waals surface area contributed by atoms with Crippen molar-refractivity contribution in [1.82, 2.24) is 5.32 Å². The fraction of sp³-hybridized carbons (Fsp3) is 1.00. The summed E-state index contributed by atoms with van der Waals surface area (Å²) in [4.78, 5) is 0. The van der Waals surface area contributed by atoms with Gasteiger partial charge in [-0.15, -0.1) is 0 Å². The number of alkyl halides is 1. The fourth-order valence-electron chi connectivity index (χ4n) is 2.24. The Morgan fingerprint density at radius 3 is 2.38 bits per heavy atom. The second-order valence-electron chi connectivity index (χ2n) is 4.95. The maximum atomic E-state index is 13.6. The average molecular weight is 187 g/mol. The minimum atomic E-state index is -0.683. The number of hydrogen-bond donors (Lipinski definition) is 1. The molecule has 1 fully saturated rings. The number of rotatable bonds is 2. The molecule has 0 bridgehead atoms. The molecular weight excluding hydrogens is 165 g/mol. The van der Waals surface area contributed by atoms with Gasteiger partial charge in [0.2, 0.25) is 0 Å². The van der Waals surface area contributed by atoms with Crippen molar-refractivity contribution in [2.75, 3.05) is 6.54 Å². The summed E-state index contributed by atoms with van der Waals surface area (Å²) in [6.45, 7) is 9.06. The molecule has 0 aromatic carbocycles. The van der Waals surface area contributed by atoms with Crippen molar-refractivity contribution in [3.05, 3.63) is 0 Å². The Morgan fingerprint density at radius 2 is 1.92 bits per heavy atom. The van der Waals surface area contributed by atoms with Crippen LogP contribution in [-0.4, -0.2) is 18.3 Å². The Bertz CT molecular complexity index is 183. The van der Waals surface area contributed by atoms with Gasteiger partial charge in [0.15, 0.2) is 0 Å². The van der Waals surface area contributed by atoms with Gasteiger partial charge in [0.05, 0.1) is 0 Å². The summed E-state index contributed by atoms with van der Waals surface area (Å²) in [7, 11) is 0. The lowest BCUT2D eigenvalue weighted by molar-refractivity contribution is 0.0255. The topological polar surface area (TPSA) is 12.0 Å². The maximum absolute atomic E-state index is 13.6. The molecule has 0 saturated carbocycles. The van der Waals surface area contributed by atoms with Crippen LogP contribution in [-0.2, 0) is 0 Å². The van der Waals surface area contributed by atoms with Crippen molar-refractivity contribution in [1.29, 1.82) is 0 Å². The van der Waals surface area contributed by atoms with Crippen LogP contribution >= 0.6 is 0 Å². The van der Waals surface area contributed by atoms with Crippen LogP contribution in [0.5, 0.6) is 0 Å². The van der Waals surface area contributed by atoms with Crippen molar-refractivity contribution in [2.45, 2.75) is 58.7 Å². The predicted molar refractivity (Wildman–Crippen MR) is 54.6 cm³/mol. The van der Waals surface area contributed by atoms with Gasteiger partial charge in [-0.1, -0.05) is 20.8 Å². The molecular formula is C11H22FN. The number of piperidine rings is 1. The van der Waals surface area contributed by atoms with Crippen molar-refractivity contribution in [2.24, 2.45) is 5.41 Å². The van der Waals surface area contributed by atoms with E-state index >= 15 is 0 Å². The molecule has 78 valence electrons. The molecule has 0 radical (unpaired) electrons. The molecule has 0 aromatic rings. The van der Waals surface area contributed by atoms with Gasteiger partial charge in [0.25, 0.3) is 0 Å². The van der Waals surface area contributed by atoms with Gasteiger partial charge < -0.3 is 5.32 Å². The average Bonchev–Trinajstić information content (AvgIpc) is 2.12. The van der Waals surface area contributed by atoms with E-state index in [1.165, 1.54) is 0 Å². The van der Waals surface area contributed by atoms with E-state index in [1.54, 1.807) is 0 Å². The minimum absolute atomic E-state index is 0.115. The quantitative estimate of drug-likeness (QED) is 0.701. The molecule has 1 saturated heterocycles. The third kappa shape index (κ3) is 2.04. The summed E-state index contributed by atoms with van der Waals surface area (Å²) < 4.78 is 13.6. The van der Waals surface area contributed by atoms with Gasteiger partial charge in [0.1, 0.15) is 6.17 Å². The largest absolute Gasteiger partial charge is 0.309 e. The van der Waals surface area contributed by atoms with Crippen LogP contribution in [0.4, 0.5) is 4.39 Å². The van der Waals surface area contributed by atoms with Gasteiger partial charge in [0, 0.05) is 17.5 Å². The number of nitrogens with one attached hydrogen (secondary N) is 1. The monoisotopic (exact) mass is 187 g/mol. The Kier molecular flexibility index (Phi) is 3.01. The van der Waals surface area contributed by atoms with E-state index in [9.17, 15) is 4.39 Å². The van der Waals surface area contributed by atoms with E-state index in [1.807, 2.05) is 0 Å². The lowest BCUT2D eigenvalue weighted by atomic mass is 9.69. The third-order valence-corrected chi connectivity index (χ3v) is 3.85. The van der Waals surface area contributed by atoms with Crippen LogP contribution in [0.2, 0.25) is 0 Å². The fourth-order valence-corrected chi connectivity index (χ4v) is 2.24. The highest BCUT2D eigenvalue weighted by atomic mass is 19.1. The molecule has 0 aliphatic carbocycles. The zero-order chi connectivity index (χ0) is 10.1. The van der Waals surface area contributed by atoms with E-state index in [2.05, 4.69) is 33.0 Å². The van der Waals surface area contributed by atoms with E-state index in [-0.39, 0.29) is 11.0 Å².